The summed E-state index contributed by atoms with van der Waals surface area (Å²) >= 11 is 0. The van der Waals surface area contributed by atoms with Gasteiger partial charge in [0.15, 0.2) is 11.7 Å². The molecule has 0 bridgehead atoms. The third-order valence-corrected chi connectivity index (χ3v) is 12.0. The number of fused-ring (bicyclic) bond motifs is 2. The van der Waals surface area contributed by atoms with Crippen LogP contribution in [-0.4, -0.2) is 107 Å². The van der Waals surface area contributed by atoms with Crippen molar-refractivity contribution in [3.05, 3.63) is 71.9 Å². The first kappa shape index (κ1) is 47.9. The van der Waals surface area contributed by atoms with E-state index in [1.807, 2.05) is 24.3 Å². The van der Waals surface area contributed by atoms with E-state index in [9.17, 15) is 38.7 Å². The van der Waals surface area contributed by atoms with E-state index in [2.05, 4.69) is 36.6 Å². The molecule has 1 aliphatic heterocycles. The number of aliphatic hydroxyl groups excluding tert-OH is 1. The number of nitrogens with one attached hydrogen (secondary N) is 6. The van der Waals surface area contributed by atoms with Crippen LogP contribution in [0, 0.1) is 11.8 Å². The van der Waals surface area contributed by atoms with Gasteiger partial charge in [-0.2, -0.15) is 0 Å². The van der Waals surface area contributed by atoms with Crippen LogP contribution in [0.15, 0.2) is 65.8 Å². The quantitative estimate of drug-likeness (QED) is 0.0750. The predicted octanol–water partition coefficient (Wildman–Crippen LogP) is 0.289. The molecule has 2 fully saturated rings. The summed E-state index contributed by atoms with van der Waals surface area (Å²) < 4.78 is 0. The predicted molar refractivity (Wildman–Crippen MR) is 236 cm³/mol. The summed E-state index contributed by atoms with van der Waals surface area (Å²) in [5.41, 5.74) is 19.1. The highest BCUT2D eigenvalue weighted by Crippen LogP contribution is 2.34. The van der Waals surface area contributed by atoms with Crippen LogP contribution >= 0.6 is 0 Å². The number of benzene rings is 2. The summed E-state index contributed by atoms with van der Waals surface area (Å²) in [7, 11) is 1.60. The Morgan fingerprint density at radius 3 is 2.13 bits per heavy atom. The van der Waals surface area contributed by atoms with Crippen molar-refractivity contribution in [1.29, 1.82) is 0 Å². The molecule has 0 spiro atoms. The molecule has 1 saturated carbocycles. The topological polar surface area (TPSA) is 306 Å². The maximum absolute atomic E-state index is 14.4. The molecular weight excluding hydrogens is 809 g/mol. The zero-order valence-electron chi connectivity index (χ0n) is 35.8. The molecule has 5 rings (SSSR count). The average Bonchev–Trinajstić information content (AvgIpc) is 3.86. The van der Waals surface area contributed by atoms with Crippen molar-refractivity contribution >= 4 is 58.0 Å². The minimum absolute atomic E-state index is 0.00191. The number of amides is 5. The number of H-pyrrole nitrogens is 1. The van der Waals surface area contributed by atoms with E-state index in [4.69, 9.17) is 17.2 Å². The lowest BCUT2D eigenvalue weighted by atomic mass is 9.85. The third kappa shape index (κ3) is 13.9. The Morgan fingerprint density at radius 2 is 1.40 bits per heavy atom. The second kappa shape index (κ2) is 23.3. The summed E-state index contributed by atoms with van der Waals surface area (Å²) in [5.74, 6) is -5.89. The van der Waals surface area contributed by atoms with Gasteiger partial charge < -0.3 is 53.9 Å². The number of primary amides is 1. The van der Waals surface area contributed by atoms with E-state index < -0.39 is 77.7 Å². The number of hydrogen-bond acceptors (Lipinski definition) is 10. The summed E-state index contributed by atoms with van der Waals surface area (Å²) in [6.45, 7) is 0.118. The number of ketones is 2. The van der Waals surface area contributed by atoms with Gasteiger partial charge in [-0.15, -0.1) is 0 Å². The van der Waals surface area contributed by atoms with Crippen molar-refractivity contribution < 1.29 is 38.7 Å². The van der Waals surface area contributed by atoms with Crippen LogP contribution in [0.4, 0.5) is 0 Å². The standard InChI is InChI=1S/C45H62N10O8/c1-49-34-19-18-28(56)13-6-3-7-16-35(40(46)59)52-44(63)38(22-27-25-51-33-15-9-8-14-30(27)33)55-42(61)36(17-10-20-50-45(47)48)53-43(62)37(21-26-11-4-2-5-12-26)54-41(60)32-24-29(57)23-31(32)39(34)58/h2,4-5,8-9,11-12,14-15,25,29,31-32,34-38,49,51,57H,3,6-7,10,13,16-24H2,1H3,(H2,46,59)(H,52,63)(H,53,62)(H,54,60)(H,55,61)(H4,47,48,50)/t29-,31?,32+,34-,35-,36-,37+,38-/m0/s1. The largest absolute Gasteiger partial charge is 0.393 e. The number of guanidine groups is 1. The SMILES string of the molecule is CN[C@H]1CCC(=O)CCCCC[C@@H](C(N)=O)NC(=O)[C@H](Cc2c[nH]c3ccccc23)NC(=O)[C@H](CCCN=C(N)N)NC(=O)[C@@H](Cc2ccccc2)NC(=O)[C@@H]2C[C@@H](O)CC2C1=O. The maximum Gasteiger partial charge on any atom is 0.243 e. The molecule has 1 aliphatic carbocycles. The lowest BCUT2D eigenvalue weighted by Crippen LogP contribution is -2.59. The highest BCUT2D eigenvalue weighted by Gasteiger charge is 2.45. The van der Waals surface area contributed by atoms with E-state index in [1.165, 1.54) is 0 Å². The molecule has 13 N–H and O–H groups in total. The summed E-state index contributed by atoms with van der Waals surface area (Å²) in [5, 5.41) is 25.7. The van der Waals surface area contributed by atoms with Gasteiger partial charge >= 0.3 is 0 Å². The smallest absolute Gasteiger partial charge is 0.243 e. The first-order valence-electron chi connectivity index (χ1n) is 21.8. The number of aliphatic imine (C=N–C) groups is 1. The van der Waals surface area contributed by atoms with Crippen LogP contribution in [0.3, 0.4) is 0 Å². The number of likely N-dealkylation sites (N-methyl/N-ethyl adjacent to an activating group) is 1. The number of rotatable bonds is 10. The Morgan fingerprint density at radius 1 is 0.746 bits per heavy atom. The van der Waals surface area contributed by atoms with Crippen molar-refractivity contribution in [3.63, 3.8) is 0 Å². The molecule has 340 valence electrons. The Kier molecular flexibility index (Phi) is 17.8. The molecular formula is C45H62N10O8. The number of nitrogens with two attached hydrogens (primary N) is 3. The van der Waals surface area contributed by atoms with Gasteiger partial charge in [-0.3, -0.25) is 38.6 Å². The Bertz CT molecular complexity index is 2100. The zero-order chi connectivity index (χ0) is 45.5. The lowest BCUT2D eigenvalue weighted by Gasteiger charge is -2.28. The van der Waals surface area contributed by atoms with E-state index in [-0.39, 0.29) is 88.3 Å². The van der Waals surface area contributed by atoms with Crippen LogP contribution < -0.4 is 43.8 Å². The van der Waals surface area contributed by atoms with Gasteiger partial charge in [0.05, 0.1) is 18.1 Å². The van der Waals surface area contributed by atoms with Crippen molar-refractivity contribution in [3.8, 4) is 0 Å². The Hall–Kier alpha value is -6.14. The van der Waals surface area contributed by atoms with E-state index in [0.29, 0.717) is 30.4 Å². The molecule has 3 aromatic rings. The van der Waals surface area contributed by atoms with Gasteiger partial charge in [-0.05, 0) is 69.2 Å². The monoisotopic (exact) mass is 870 g/mol. The third-order valence-electron chi connectivity index (χ3n) is 12.0. The van der Waals surface area contributed by atoms with E-state index in [1.54, 1.807) is 43.6 Å². The number of hydrogen-bond donors (Lipinski definition) is 10. The summed E-state index contributed by atoms with van der Waals surface area (Å²) in [6.07, 6.45) is 3.32. The molecule has 18 heteroatoms. The van der Waals surface area contributed by atoms with Crippen LogP contribution in [0.5, 0.6) is 0 Å². The summed E-state index contributed by atoms with van der Waals surface area (Å²) in [6, 6.07) is 10.8. The van der Waals surface area contributed by atoms with E-state index >= 15 is 0 Å². The maximum atomic E-state index is 14.4. The molecule has 2 aliphatic rings. The molecule has 2 heterocycles. The number of para-hydroxylation sites is 1. The van der Waals surface area contributed by atoms with Gasteiger partial charge in [0.2, 0.25) is 29.5 Å². The van der Waals surface area contributed by atoms with Crippen LogP contribution in [-0.2, 0) is 46.4 Å². The Balaban J connectivity index is 1.50. The van der Waals surface area contributed by atoms with E-state index in [0.717, 1.165) is 10.9 Å². The highest BCUT2D eigenvalue weighted by atomic mass is 16.3. The minimum atomic E-state index is -1.26. The molecule has 1 aromatic heterocycles. The number of carbonyl (C=O) groups is 7. The molecule has 5 amide bonds. The van der Waals surface area contributed by atoms with Crippen LogP contribution in [0.1, 0.15) is 81.8 Å². The number of nitrogens with zero attached hydrogens (tertiary/aromatic N) is 1. The minimum Gasteiger partial charge on any atom is -0.393 e. The molecule has 0 radical (unpaired) electrons. The van der Waals surface area contributed by atoms with Crippen molar-refractivity contribution in [2.75, 3.05) is 13.6 Å². The normalized spacial score (nSPS) is 26.4. The zero-order valence-corrected chi connectivity index (χ0v) is 35.8. The van der Waals surface area contributed by atoms with Crippen molar-refractivity contribution in [2.24, 2.45) is 34.0 Å². The van der Waals surface area contributed by atoms with Crippen LogP contribution in [0.2, 0.25) is 0 Å². The van der Waals surface area contributed by atoms with Gasteiger partial charge in [-0.1, -0.05) is 61.4 Å². The van der Waals surface area contributed by atoms with Crippen molar-refractivity contribution in [1.82, 2.24) is 31.6 Å². The molecule has 18 nitrogen and oxygen atoms in total. The van der Waals surface area contributed by atoms with Gasteiger partial charge in [0, 0.05) is 55.2 Å². The average molecular weight is 871 g/mol. The molecule has 8 atom stereocenters. The van der Waals surface area contributed by atoms with Gasteiger partial charge in [0.25, 0.3) is 0 Å². The van der Waals surface area contributed by atoms with Gasteiger partial charge in [0.1, 0.15) is 30.0 Å². The fraction of sp³-hybridized carbons (Fsp3) is 0.511. The fourth-order valence-electron chi connectivity index (χ4n) is 8.52. The number of Topliss-reactive ketones (excluding diaryl/α,β-unsaturated/α-hetero) is 2. The lowest BCUT2D eigenvalue weighted by molar-refractivity contribution is -0.137. The molecule has 2 aromatic carbocycles. The molecule has 1 saturated heterocycles. The van der Waals surface area contributed by atoms with Crippen LogP contribution in [0.25, 0.3) is 10.9 Å². The van der Waals surface area contributed by atoms with Gasteiger partial charge in [-0.25, -0.2) is 0 Å². The van der Waals surface area contributed by atoms with Crippen molar-refractivity contribution in [2.45, 2.75) is 120 Å². The first-order valence-corrected chi connectivity index (χ1v) is 21.8. The fourth-order valence-corrected chi connectivity index (χ4v) is 8.52. The highest BCUT2D eigenvalue weighted by molar-refractivity contribution is 5.97. The molecule has 1 unspecified atom stereocenters. The summed E-state index contributed by atoms with van der Waals surface area (Å²) in [4.78, 5) is 104. The first-order chi connectivity index (χ1) is 30.2. The second-order valence-corrected chi connectivity index (χ2v) is 16.6. The number of carbonyl (C=O) groups excluding carboxylic acids is 7. The Labute approximate surface area is 366 Å². The molecule has 63 heavy (non-hydrogen) atoms. The number of aromatic amines is 1. The number of aromatic nitrogens is 1. The number of aliphatic hydroxyl groups is 1. The second-order valence-electron chi connectivity index (χ2n) is 16.6.